The molecule has 0 saturated carbocycles. The van der Waals surface area contributed by atoms with Crippen LogP contribution < -0.4 is 0 Å². The van der Waals surface area contributed by atoms with Crippen molar-refractivity contribution in [2.24, 2.45) is 11.8 Å². The first kappa shape index (κ1) is 32.7. The Labute approximate surface area is 264 Å². The number of carbonyl (C=O) groups excluding carboxylic acids is 2. The molecule has 0 N–H and O–H groups in total. The number of hydrogen-bond acceptors (Lipinski definition) is 2. The highest BCUT2D eigenvalue weighted by Gasteiger charge is 2.29. The Bertz CT molecular complexity index is 1180. The molecule has 0 spiro atoms. The van der Waals surface area contributed by atoms with Crippen LogP contribution in [-0.4, -0.2) is 21.6 Å². The second-order valence-corrected chi connectivity index (χ2v) is 11.9. The maximum Gasteiger partial charge on any atom is 0.223 e. The highest BCUT2D eigenvalue weighted by atomic mass is 16.2. The molecule has 0 heterocycles. The summed E-state index contributed by atoms with van der Waals surface area (Å²) in [5, 5.41) is 0. The average molecular weight is 589 g/mol. The first-order chi connectivity index (χ1) is 21.6. The predicted molar refractivity (Wildman–Crippen MR) is 180 cm³/mol. The van der Waals surface area contributed by atoms with Gasteiger partial charge in [0.25, 0.3) is 0 Å². The third kappa shape index (κ3) is 10.5. The summed E-state index contributed by atoms with van der Waals surface area (Å²) in [6.45, 7) is 6.68. The van der Waals surface area contributed by atoms with E-state index in [0.29, 0.717) is 39.0 Å². The van der Waals surface area contributed by atoms with Gasteiger partial charge in [0.1, 0.15) is 0 Å². The Kier molecular flexibility index (Phi) is 13.3. The van der Waals surface area contributed by atoms with Crippen LogP contribution in [-0.2, 0) is 35.8 Å². The summed E-state index contributed by atoms with van der Waals surface area (Å²) in [6.07, 6.45) is 4.77. The monoisotopic (exact) mass is 588 g/mol. The summed E-state index contributed by atoms with van der Waals surface area (Å²) in [7, 11) is 0. The molecule has 0 bridgehead atoms. The molecule has 4 aromatic carbocycles. The van der Waals surface area contributed by atoms with Gasteiger partial charge in [0.2, 0.25) is 11.8 Å². The topological polar surface area (TPSA) is 40.6 Å². The molecule has 44 heavy (non-hydrogen) atoms. The molecule has 0 aliphatic rings. The first-order valence-corrected chi connectivity index (χ1v) is 16.3. The van der Waals surface area contributed by atoms with Gasteiger partial charge in [0.05, 0.1) is 0 Å². The second kappa shape index (κ2) is 17.8. The summed E-state index contributed by atoms with van der Waals surface area (Å²) in [6, 6.07) is 40.9. The highest BCUT2D eigenvalue weighted by Crippen LogP contribution is 2.31. The molecule has 0 radical (unpaired) electrons. The normalized spacial score (nSPS) is 12.3. The van der Waals surface area contributed by atoms with E-state index in [4.69, 9.17) is 0 Å². The number of hydrogen-bond donors (Lipinski definition) is 0. The van der Waals surface area contributed by atoms with Crippen LogP contribution in [0.5, 0.6) is 0 Å². The highest BCUT2D eigenvalue weighted by molar-refractivity contribution is 5.78. The van der Waals surface area contributed by atoms with Gasteiger partial charge in [-0.15, -0.1) is 0 Å². The SMILES string of the molecule is CCC[C@H](CC(=O)N(Cc1ccccc1)Cc1ccccc1)[C@H](CCC)CC(=O)N(Cc1ccccc1)Cc1ccccc1. The van der Waals surface area contributed by atoms with Gasteiger partial charge < -0.3 is 9.80 Å². The molecule has 0 unspecified atom stereocenters. The summed E-state index contributed by atoms with van der Waals surface area (Å²) >= 11 is 0. The smallest absolute Gasteiger partial charge is 0.223 e. The van der Waals surface area contributed by atoms with Crippen LogP contribution in [0.2, 0.25) is 0 Å². The lowest BCUT2D eigenvalue weighted by molar-refractivity contribution is -0.137. The number of amides is 2. The quantitative estimate of drug-likeness (QED) is 0.123. The lowest BCUT2D eigenvalue weighted by Crippen LogP contribution is -2.35. The minimum atomic E-state index is 0.153. The number of nitrogens with zero attached hydrogens (tertiary/aromatic N) is 2. The second-order valence-electron chi connectivity index (χ2n) is 11.9. The van der Waals surface area contributed by atoms with E-state index in [-0.39, 0.29) is 23.7 Å². The van der Waals surface area contributed by atoms with Crippen LogP contribution >= 0.6 is 0 Å². The zero-order valence-electron chi connectivity index (χ0n) is 26.5. The molecule has 0 aromatic heterocycles. The minimum absolute atomic E-state index is 0.153. The van der Waals surface area contributed by atoms with Crippen molar-refractivity contribution >= 4 is 11.8 Å². The molecule has 2 atom stereocenters. The molecule has 4 aromatic rings. The molecule has 230 valence electrons. The Morgan fingerprint density at radius 1 is 0.455 bits per heavy atom. The van der Waals surface area contributed by atoms with Crippen molar-refractivity contribution in [1.29, 1.82) is 0 Å². The molecule has 0 saturated heterocycles. The maximum atomic E-state index is 14.1. The van der Waals surface area contributed by atoms with Gasteiger partial charge in [-0.1, -0.05) is 148 Å². The van der Waals surface area contributed by atoms with Crippen molar-refractivity contribution in [2.75, 3.05) is 0 Å². The van der Waals surface area contributed by atoms with Gasteiger partial charge >= 0.3 is 0 Å². The molecule has 0 aliphatic carbocycles. The van der Waals surface area contributed by atoms with Gasteiger partial charge in [-0.25, -0.2) is 0 Å². The Morgan fingerprint density at radius 3 is 0.932 bits per heavy atom. The van der Waals surface area contributed by atoms with Crippen LogP contribution in [0, 0.1) is 11.8 Å². The fraction of sp³-hybridized carbons (Fsp3) is 0.350. The Morgan fingerprint density at radius 2 is 0.705 bits per heavy atom. The van der Waals surface area contributed by atoms with E-state index in [9.17, 15) is 9.59 Å². The van der Waals surface area contributed by atoms with Crippen molar-refractivity contribution in [3.8, 4) is 0 Å². The summed E-state index contributed by atoms with van der Waals surface area (Å²) in [5.74, 6) is 0.631. The Hall–Kier alpha value is -4.18. The number of rotatable bonds is 17. The van der Waals surface area contributed by atoms with E-state index in [2.05, 4.69) is 62.4 Å². The minimum Gasteiger partial charge on any atom is -0.334 e. The van der Waals surface area contributed by atoms with Gasteiger partial charge in [0, 0.05) is 39.0 Å². The van der Waals surface area contributed by atoms with E-state index in [1.54, 1.807) is 0 Å². The fourth-order valence-corrected chi connectivity index (χ4v) is 6.14. The van der Waals surface area contributed by atoms with E-state index < -0.39 is 0 Å². The van der Waals surface area contributed by atoms with E-state index in [1.165, 1.54) is 0 Å². The molecular formula is C40H48N2O2. The first-order valence-electron chi connectivity index (χ1n) is 16.3. The van der Waals surface area contributed by atoms with Crippen molar-refractivity contribution in [3.63, 3.8) is 0 Å². The van der Waals surface area contributed by atoms with Crippen LogP contribution in [0.15, 0.2) is 121 Å². The number of carbonyl (C=O) groups is 2. The van der Waals surface area contributed by atoms with Crippen LogP contribution in [0.3, 0.4) is 0 Å². The lowest BCUT2D eigenvalue weighted by atomic mass is 9.80. The summed E-state index contributed by atoms with van der Waals surface area (Å²) in [5.41, 5.74) is 4.51. The van der Waals surface area contributed by atoms with Crippen LogP contribution in [0.1, 0.15) is 74.6 Å². The Balaban J connectivity index is 1.52. The zero-order chi connectivity index (χ0) is 31.0. The van der Waals surface area contributed by atoms with Gasteiger partial charge in [-0.2, -0.15) is 0 Å². The van der Waals surface area contributed by atoms with Gasteiger partial charge in [-0.3, -0.25) is 9.59 Å². The summed E-state index contributed by atoms with van der Waals surface area (Å²) in [4.78, 5) is 32.1. The summed E-state index contributed by atoms with van der Waals surface area (Å²) < 4.78 is 0. The van der Waals surface area contributed by atoms with Gasteiger partial charge in [-0.05, 0) is 46.9 Å². The molecule has 4 nitrogen and oxygen atoms in total. The molecule has 4 rings (SSSR count). The molecule has 0 fully saturated rings. The van der Waals surface area contributed by atoms with Crippen molar-refractivity contribution in [2.45, 2.75) is 78.6 Å². The average Bonchev–Trinajstić information content (AvgIpc) is 3.05. The van der Waals surface area contributed by atoms with Crippen molar-refractivity contribution in [3.05, 3.63) is 144 Å². The largest absolute Gasteiger partial charge is 0.334 e. The van der Waals surface area contributed by atoms with Crippen LogP contribution in [0.4, 0.5) is 0 Å². The zero-order valence-corrected chi connectivity index (χ0v) is 26.5. The van der Waals surface area contributed by atoms with E-state index in [0.717, 1.165) is 47.9 Å². The number of benzene rings is 4. The van der Waals surface area contributed by atoms with Gasteiger partial charge in [0.15, 0.2) is 0 Å². The lowest BCUT2D eigenvalue weighted by Gasteiger charge is -2.32. The predicted octanol–water partition coefficient (Wildman–Crippen LogP) is 9.06. The molecule has 2 amide bonds. The fourth-order valence-electron chi connectivity index (χ4n) is 6.14. The van der Waals surface area contributed by atoms with E-state index >= 15 is 0 Å². The molecule has 0 aliphatic heterocycles. The van der Waals surface area contributed by atoms with E-state index in [1.807, 2.05) is 82.6 Å². The maximum absolute atomic E-state index is 14.1. The van der Waals surface area contributed by atoms with Crippen molar-refractivity contribution < 1.29 is 9.59 Å². The molecule has 4 heteroatoms. The standard InChI is InChI=1S/C40H48N2O2/c1-3-17-37(27-39(43)41(29-33-19-9-5-10-20-33)30-34-21-11-6-12-22-34)38(18-4-2)28-40(44)42(31-35-23-13-7-14-24-35)32-36-25-15-8-16-26-36/h5-16,19-26,37-38H,3-4,17-18,27-32H2,1-2H3/t37-,38-/m1/s1. The molecular weight excluding hydrogens is 540 g/mol. The van der Waals surface area contributed by atoms with Crippen molar-refractivity contribution in [1.82, 2.24) is 9.80 Å². The third-order valence-electron chi connectivity index (χ3n) is 8.43. The van der Waals surface area contributed by atoms with Crippen LogP contribution in [0.25, 0.3) is 0 Å². The third-order valence-corrected chi connectivity index (χ3v) is 8.43.